The van der Waals surface area contributed by atoms with Crippen molar-refractivity contribution in [2.75, 3.05) is 0 Å². The highest BCUT2D eigenvalue weighted by atomic mass is 16.3. The van der Waals surface area contributed by atoms with E-state index in [0.29, 0.717) is 5.56 Å². The lowest BCUT2D eigenvalue weighted by Crippen LogP contribution is -1.81. The van der Waals surface area contributed by atoms with E-state index in [-0.39, 0.29) is 12.4 Å². The van der Waals surface area contributed by atoms with E-state index in [2.05, 4.69) is 6.07 Å². The third-order valence-corrected chi connectivity index (χ3v) is 1.08. The number of phenols is 1. The molecule has 2 N–H and O–H groups in total. The van der Waals surface area contributed by atoms with Crippen molar-refractivity contribution in [1.29, 1.82) is 0 Å². The average molecular weight is 123 g/mol. The van der Waals surface area contributed by atoms with Gasteiger partial charge in [-0.3, -0.25) is 0 Å². The Labute approximate surface area is 53.4 Å². The number of benzene rings is 1. The SMILES string of the molecule is OCc1[c]cccc1O. The molecule has 9 heavy (non-hydrogen) atoms. The highest BCUT2D eigenvalue weighted by Crippen LogP contribution is 2.13. The van der Waals surface area contributed by atoms with Gasteiger partial charge in [0, 0.05) is 5.56 Å². The Morgan fingerprint density at radius 3 is 2.78 bits per heavy atom. The van der Waals surface area contributed by atoms with Crippen LogP contribution in [0.1, 0.15) is 5.56 Å². The summed E-state index contributed by atoms with van der Waals surface area (Å²) >= 11 is 0. The molecule has 2 nitrogen and oxygen atoms in total. The Bertz CT molecular complexity index is 196. The lowest BCUT2D eigenvalue weighted by Gasteiger charge is -1.95. The fourth-order valence-electron chi connectivity index (χ4n) is 0.589. The smallest absolute Gasteiger partial charge is 0.121 e. The van der Waals surface area contributed by atoms with Gasteiger partial charge in [0.05, 0.1) is 6.61 Å². The summed E-state index contributed by atoms with van der Waals surface area (Å²) in [6.45, 7) is -0.160. The second-order valence-corrected chi connectivity index (χ2v) is 1.69. The summed E-state index contributed by atoms with van der Waals surface area (Å²) in [7, 11) is 0. The third kappa shape index (κ3) is 1.21. The second kappa shape index (κ2) is 2.51. The molecule has 0 heterocycles. The lowest BCUT2D eigenvalue weighted by atomic mass is 10.2. The van der Waals surface area contributed by atoms with E-state index in [9.17, 15) is 0 Å². The Hall–Kier alpha value is -1.02. The Morgan fingerprint density at radius 2 is 2.33 bits per heavy atom. The average Bonchev–Trinajstić information content (AvgIpc) is 1.89. The molecule has 2 heteroatoms. The van der Waals surface area contributed by atoms with Crippen LogP contribution in [0.5, 0.6) is 5.75 Å². The molecule has 0 fully saturated rings. The van der Waals surface area contributed by atoms with Crippen molar-refractivity contribution in [2.24, 2.45) is 0 Å². The van der Waals surface area contributed by atoms with Crippen molar-refractivity contribution in [3.8, 4) is 5.75 Å². The number of aliphatic hydroxyl groups is 1. The maximum atomic E-state index is 8.92. The number of aromatic hydroxyl groups is 1. The fourth-order valence-corrected chi connectivity index (χ4v) is 0.589. The summed E-state index contributed by atoms with van der Waals surface area (Å²) in [5.41, 5.74) is 0.442. The van der Waals surface area contributed by atoms with E-state index in [4.69, 9.17) is 10.2 Å². The first-order valence-electron chi connectivity index (χ1n) is 2.64. The van der Waals surface area contributed by atoms with E-state index in [1.54, 1.807) is 12.1 Å². The molecule has 0 aromatic heterocycles. The van der Waals surface area contributed by atoms with Gasteiger partial charge < -0.3 is 10.2 Å². The molecule has 0 aliphatic carbocycles. The van der Waals surface area contributed by atoms with Crippen molar-refractivity contribution in [3.63, 3.8) is 0 Å². The molecule has 0 unspecified atom stereocenters. The van der Waals surface area contributed by atoms with Gasteiger partial charge >= 0.3 is 0 Å². The summed E-state index contributed by atoms with van der Waals surface area (Å²) in [6.07, 6.45) is 0. The zero-order valence-electron chi connectivity index (χ0n) is 4.83. The molecule has 0 atom stereocenters. The van der Waals surface area contributed by atoms with Crippen LogP contribution in [0.4, 0.5) is 0 Å². The zero-order chi connectivity index (χ0) is 6.69. The molecule has 1 aromatic carbocycles. The molecule has 0 saturated heterocycles. The summed E-state index contributed by atoms with van der Waals surface area (Å²) in [5.74, 6) is 0.0972. The van der Waals surface area contributed by atoms with Crippen LogP contribution < -0.4 is 0 Å². The van der Waals surface area contributed by atoms with E-state index < -0.39 is 0 Å². The van der Waals surface area contributed by atoms with Gasteiger partial charge in [-0.1, -0.05) is 12.1 Å². The molecular formula is C7H7O2. The lowest BCUT2D eigenvalue weighted by molar-refractivity contribution is 0.275. The van der Waals surface area contributed by atoms with Crippen LogP contribution in [0.25, 0.3) is 0 Å². The van der Waals surface area contributed by atoms with Crippen molar-refractivity contribution in [3.05, 3.63) is 29.8 Å². The van der Waals surface area contributed by atoms with Gasteiger partial charge in [-0.15, -0.1) is 0 Å². The molecule has 0 aliphatic rings. The summed E-state index contributed by atoms with van der Waals surface area (Å²) in [5, 5.41) is 17.4. The Kier molecular flexibility index (Phi) is 1.70. The van der Waals surface area contributed by atoms with Crippen LogP contribution in [0, 0.1) is 6.07 Å². The molecule has 0 saturated carbocycles. The minimum Gasteiger partial charge on any atom is -0.508 e. The first kappa shape index (κ1) is 6.11. The predicted molar refractivity (Wildman–Crippen MR) is 32.9 cm³/mol. The van der Waals surface area contributed by atoms with Gasteiger partial charge in [-0.05, 0) is 12.1 Å². The van der Waals surface area contributed by atoms with Gasteiger partial charge in [0.15, 0.2) is 0 Å². The zero-order valence-corrected chi connectivity index (χ0v) is 4.83. The predicted octanol–water partition coefficient (Wildman–Crippen LogP) is 0.685. The van der Waals surface area contributed by atoms with Crippen LogP contribution >= 0.6 is 0 Å². The van der Waals surface area contributed by atoms with Gasteiger partial charge in [-0.2, -0.15) is 0 Å². The van der Waals surface area contributed by atoms with Crippen LogP contribution in [-0.4, -0.2) is 10.2 Å². The largest absolute Gasteiger partial charge is 0.508 e. The van der Waals surface area contributed by atoms with E-state index in [1.807, 2.05) is 0 Å². The first-order valence-corrected chi connectivity index (χ1v) is 2.64. The normalized spacial score (nSPS) is 9.44. The van der Waals surface area contributed by atoms with Crippen molar-refractivity contribution < 1.29 is 10.2 Å². The number of hydrogen-bond acceptors (Lipinski definition) is 2. The van der Waals surface area contributed by atoms with Gasteiger partial charge in [0.25, 0.3) is 0 Å². The molecular weight excluding hydrogens is 116 g/mol. The standard InChI is InChI=1S/C7H7O2/c8-5-6-3-1-2-4-7(6)9/h1-2,4,8-9H,5H2. The molecule has 1 radical (unpaired) electrons. The molecule has 47 valence electrons. The number of aliphatic hydroxyl groups excluding tert-OH is 1. The molecule has 0 bridgehead atoms. The van der Waals surface area contributed by atoms with Crippen molar-refractivity contribution in [2.45, 2.75) is 6.61 Å². The summed E-state index contributed by atoms with van der Waals surface area (Å²) in [4.78, 5) is 0. The van der Waals surface area contributed by atoms with E-state index in [0.717, 1.165) is 0 Å². The molecule has 1 aromatic rings. The van der Waals surface area contributed by atoms with Crippen LogP contribution in [0.3, 0.4) is 0 Å². The Morgan fingerprint density at radius 1 is 1.56 bits per heavy atom. The minimum atomic E-state index is -0.160. The van der Waals surface area contributed by atoms with Crippen LogP contribution in [0.15, 0.2) is 18.2 Å². The minimum absolute atomic E-state index is 0.0972. The van der Waals surface area contributed by atoms with Crippen molar-refractivity contribution in [1.82, 2.24) is 0 Å². The third-order valence-electron chi connectivity index (χ3n) is 1.08. The van der Waals surface area contributed by atoms with Gasteiger partial charge in [0.2, 0.25) is 0 Å². The molecule has 1 rings (SSSR count). The summed E-state index contributed by atoms with van der Waals surface area (Å²) < 4.78 is 0. The first-order chi connectivity index (χ1) is 4.34. The quantitative estimate of drug-likeness (QED) is 0.576. The highest BCUT2D eigenvalue weighted by Gasteiger charge is 1.94. The monoisotopic (exact) mass is 123 g/mol. The Balaban J connectivity index is 3.01. The highest BCUT2D eigenvalue weighted by molar-refractivity contribution is 5.29. The van der Waals surface area contributed by atoms with Crippen LogP contribution in [0.2, 0.25) is 0 Å². The fraction of sp³-hybridized carbons (Fsp3) is 0.143. The van der Waals surface area contributed by atoms with Gasteiger partial charge in [-0.25, -0.2) is 0 Å². The molecule has 0 amide bonds. The van der Waals surface area contributed by atoms with Crippen molar-refractivity contribution >= 4 is 0 Å². The summed E-state index contributed by atoms with van der Waals surface area (Å²) in [6, 6.07) is 7.51. The second-order valence-electron chi connectivity index (χ2n) is 1.69. The van der Waals surface area contributed by atoms with Gasteiger partial charge in [0.1, 0.15) is 5.75 Å². The topological polar surface area (TPSA) is 40.5 Å². The number of hydrogen-bond donors (Lipinski definition) is 2. The number of rotatable bonds is 1. The maximum absolute atomic E-state index is 8.92. The molecule has 0 aliphatic heterocycles. The van der Waals surface area contributed by atoms with E-state index >= 15 is 0 Å². The van der Waals surface area contributed by atoms with Crippen LogP contribution in [-0.2, 0) is 6.61 Å². The maximum Gasteiger partial charge on any atom is 0.121 e. The van der Waals surface area contributed by atoms with E-state index in [1.165, 1.54) is 6.07 Å². The molecule has 0 spiro atoms.